The number of nitrogens with zero attached hydrogens (tertiary/aromatic N) is 1. The van der Waals surface area contributed by atoms with Gasteiger partial charge in [0.1, 0.15) is 13.2 Å². The van der Waals surface area contributed by atoms with Gasteiger partial charge in [0.15, 0.2) is 29.2 Å². The molecular weight excluding hydrogens is 652 g/mol. The lowest BCUT2D eigenvalue weighted by atomic mass is 9.95. The molecule has 2 amide bonds. The molecule has 0 radical (unpaired) electrons. The molecule has 0 saturated carbocycles. The molecule has 12 nitrogen and oxygen atoms in total. The molecular formula is C39H42N4O8. The number of hydrazone groups is 1. The van der Waals surface area contributed by atoms with E-state index in [1.165, 1.54) is 7.11 Å². The monoisotopic (exact) mass is 694 g/mol. The molecule has 266 valence electrons. The Hall–Kier alpha value is -6.01. The topological polar surface area (TPSA) is 149 Å². The quantitative estimate of drug-likeness (QED) is 0.0382. The van der Waals surface area contributed by atoms with Gasteiger partial charge < -0.3 is 39.4 Å². The van der Waals surface area contributed by atoms with Crippen LogP contribution in [-0.4, -0.2) is 57.0 Å². The fraction of sp³-hybridized carbons (Fsp3) is 0.256. The van der Waals surface area contributed by atoms with Gasteiger partial charge >= 0.3 is 12.0 Å². The highest BCUT2D eigenvalue weighted by atomic mass is 16.5. The van der Waals surface area contributed by atoms with Crippen molar-refractivity contribution in [3.05, 3.63) is 119 Å². The normalized spacial score (nSPS) is 14.8. The highest BCUT2D eigenvalue weighted by Crippen LogP contribution is 2.36. The maximum atomic E-state index is 12.5. The number of hydrogen-bond acceptors (Lipinski definition) is 10. The number of benzene rings is 4. The Balaban J connectivity index is 1.25. The summed E-state index contributed by atoms with van der Waals surface area (Å²) in [6.45, 7) is 7.86. The van der Waals surface area contributed by atoms with Gasteiger partial charge in [0.2, 0.25) is 0 Å². The fourth-order valence-electron chi connectivity index (χ4n) is 5.77. The molecule has 1 aliphatic rings. The highest BCUT2D eigenvalue weighted by molar-refractivity contribution is 5.95. The minimum absolute atomic E-state index is 0.167. The zero-order chi connectivity index (χ0) is 36.3. The molecule has 12 heteroatoms. The van der Waals surface area contributed by atoms with Crippen molar-refractivity contribution >= 4 is 29.0 Å². The van der Waals surface area contributed by atoms with Crippen molar-refractivity contribution in [1.82, 2.24) is 16.1 Å². The molecule has 5 rings (SSSR count). The van der Waals surface area contributed by atoms with Crippen molar-refractivity contribution in [3.63, 3.8) is 0 Å². The number of ether oxygens (including phenoxy) is 5. The number of methoxy groups -OCH3 is 2. The van der Waals surface area contributed by atoms with Crippen molar-refractivity contribution in [1.29, 1.82) is 0 Å². The number of esters is 1. The summed E-state index contributed by atoms with van der Waals surface area (Å²) in [5.41, 5.74) is 6.56. The summed E-state index contributed by atoms with van der Waals surface area (Å²) in [6.07, 6.45) is 2.72. The lowest BCUT2D eigenvalue weighted by Gasteiger charge is -2.28. The van der Waals surface area contributed by atoms with E-state index in [-0.39, 0.29) is 12.2 Å². The van der Waals surface area contributed by atoms with Crippen LogP contribution in [0, 0.1) is 0 Å². The van der Waals surface area contributed by atoms with Crippen LogP contribution in [0.15, 0.2) is 102 Å². The van der Waals surface area contributed by atoms with Crippen molar-refractivity contribution in [2.45, 2.75) is 39.1 Å². The number of aliphatic hydroxyl groups excluding tert-OH is 1. The zero-order valence-electron chi connectivity index (χ0n) is 29.0. The van der Waals surface area contributed by atoms with Gasteiger partial charge in [-0.3, -0.25) is 5.43 Å². The van der Waals surface area contributed by atoms with Crippen LogP contribution >= 0.6 is 0 Å². The maximum Gasteiger partial charge on any atom is 0.337 e. The van der Waals surface area contributed by atoms with E-state index in [0.29, 0.717) is 53.9 Å². The number of hydrogen-bond donors (Lipinski definition) is 4. The number of carbonyl (C=O) groups is 2. The molecule has 4 N–H and O–H groups in total. The van der Waals surface area contributed by atoms with Crippen molar-refractivity contribution < 1.29 is 38.4 Å². The van der Waals surface area contributed by atoms with E-state index < -0.39 is 24.3 Å². The van der Waals surface area contributed by atoms with Crippen LogP contribution in [0.5, 0.6) is 23.0 Å². The summed E-state index contributed by atoms with van der Waals surface area (Å²) < 4.78 is 28.6. The molecule has 0 bridgehead atoms. The summed E-state index contributed by atoms with van der Waals surface area (Å²) in [5.74, 6) is 1.30. The van der Waals surface area contributed by atoms with Crippen LogP contribution < -0.4 is 35.0 Å². The Bertz CT molecular complexity index is 1950. The van der Waals surface area contributed by atoms with E-state index in [4.69, 9.17) is 23.7 Å². The van der Waals surface area contributed by atoms with Gasteiger partial charge in [-0.25, -0.2) is 9.59 Å². The number of amides is 2. The van der Waals surface area contributed by atoms with Crippen molar-refractivity contribution in [2.24, 2.45) is 5.10 Å². The first-order valence-electron chi connectivity index (χ1n) is 16.4. The van der Waals surface area contributed by atoms with Crippen molar-refractivity contribution in [3.8, 4) is 23.0 Å². The molecule has 4 aromatic rings. The van der Waals surface area contributed by atoms with Gasteiger partial charge in [0, 0.05) is 11.3 Å². The Morgan fingerprint density at radius 3 is 2.57 bits per heavy atom. The Labute approximate surface area is 296 Å². The molecule has 0 fully saturated rings. The summed E-state index contributed by atoms with van der Waals surface area (Å²) in [5, 5.41) is 22.5. The van der Waals surface area contributed by atoms with Crippen LogP contribution in [0.25, 0.3) is 10.8 Å². The lowest BCUT2D eigenvalue weighted by molar-refractivity contribution is -0.136. The number of fused-ring (bicyclic) bond motifs is 1. The predicted octanol–water partition coefficient (Wildman–Crippen LogP) is 5.68. The summed E-state index contributed by atoms with van der Waals surface area (Å²) >= 11 is 0. The third kappa shape index (κ3) is 8.78. The average molecular weight is 695 g/mol. The smallest absolute Gasteiger partial charge is 0.337 e. The van der Waals surface area contributed by atoms with E-state index >= 15 is 0 Å². The predicted molar refractivity (Wildman–Crippen MR) is 194 cm³/mol. The van der Waals surface area contributed by atoms with Gasteiger partial charge in [-0.15, -0.1) is 6.58 Å². The largest absolute Gasteiger partial charge is 0.493 e. The highest BCUT2D eigenvalue weighted by Gasteiger charge is 2.32. The third-order valence-electron chi connectivity index (χ3n) is 8.10. The minimum Gasteiger partial charge on any atom is -0.493 e. The van der Waals surface area contributed by atoms with Gasteiger partial charge in [0.05, 0.1) is 38.7 Å². The summed E-state index contributed by atoms with van der Waals surface area (Å²) in [4.78, 5) is 24.7. The molecule has 4 aromatic carbocycles. The Morgan fingerprint density at radius 1 is 1.00 bits per heavy atom. The van der Waals surface area contributed by atoms with Gasteiger partial charge in [-0.2, -0.15) is 5.10 Å². The van der Waals surface area contributed by atoms with Crippen molar-refractivity contribution in [2.75, 3.05) is 27.4 Å². The summed E-state index contributed by atoms with van der Waals surface area (Å²) in [7, 11) is 2.86. The third-order valence-corrected chi connectivity index (χ3v) is 8.10. The number of nitrogens with one attached hydrogen (secondary N) is 3. The second-order valence-corrected chi connectivity index (χ2v) is 11.5. The fourth-order valence-corrected chi connectivity index (χ4v) is 5.77. The van der Waals surface area contributed by atoms with Crippen LogP contribution in [0.2, 0.25) is 0 Å². The van der Waals surface area contributed by atoms with Crippen LogP contribution in [0.3, 0.4) is 0 Å². The number of carbonyl (C=O) groups excluding carboxylic acids is 2. The molecule has 2 atom stereocenters. The van der Waals surface area contributed by atoms with Crippen LogP contribution in [0.1, 0.15) is 42.1 Å². The molecule has 0 spiro atoms. The number of aliphatic hydroxyl groups is 1. The van der Waals surface area contributed by atoms with Gasteiger partial charge in [-0.05, 0) is 72.0 Å². The second kappa shape index (κ2) is 17.1. The number of rotatable bonds is 16. The van der Waals surface area contributed by atoms with E-state index in [0.717, 1.165) is 27.5 Å². The Kier molecular flexibility index (Phi) is 12.1. The molecule has 0 unspecified atom stereocenters. The van der Waals surface area contributed by atoms with E-state index in [9.17, 15) is 14.7 Å². The molecule has 0 aromatic heterocycles. The van der Waals surface area contributed by atoms with Gasteiger partial charge in [-0.1, -0.05) is 54.6 Å². The SMILES string of the molecule is C=CCc1cc(/C=N\N[C@H](O)COc2ccc([C@H]3NC(=O)NC(C)=C3C(=O)OC)cc2OCC)cc(OC)c1OCc1cccc2ccccc12. The molecule has 0 saturated heterocycles. The second-order valence-electron chi connectivity index (χ2n) is 11.5. The van der Waals surface area contributed by atoms with E-state index in [1.807, 2.05) is 43.3 Å². The molecule has 51 heavy (non-hydrogen) atoms. The van der Waals surface area contributed by atoms with Gasteiger partial charge in [0.25, 0.3) is 0 Å². The number of allylic oxidation sites excluding steroid dienone is 2. The molecule has 1 aliphatic heterocycles. The lowest BCUT2D eigenvalue weighted by Crippen LogP contribution is -2.45. The average Bonchev–Trinajstić information content (AvgIpc) is 3.13. The first kappa shape index (κ1) is 36.3. The van der Waals surface area contributed by atoms with E-state index in [2.05, 4.69) is 45.9 Å². The standard InChI is InChI=1S/C39H42N4O8/c1-6-11-28-18-25(19-33(47-4)37(28)51-22-29-14-10-13-26-12-8-9-15-30(26)29)21-40-43-34(44)23-50-31-17-16-27(20-32(31)49-7-2)36-35(38(45)48-5)24(3)41-39(46)42-36/h6,8-10,12-21,34,36,43-44H,1,7,11,22-23H2,2-5H3,(H2,41,42,46)/b40-21-/t34-,36-/m1/s1. The maximum absolute atomic E-state index is 12.5. The first-order valence-corrected chi connectivity index (χ1v) is 16.4. The number of urea groups is 1. The van der Waals surface area contributed by atoms with Crippen LogP contribution in [0.4, 0.5) is 4.79 Å². The Morgan fingerprint density at radius 2 is 1.80 bits per heavy atom. The summed E-state index contributed by atoms with van der Waals surface area (Å²) in [6, 6.07) is 21.9. The molecule has 0 aliphatic carbocycles. The molecule has 1 heterocycles. The first-order chi connectivity index (χ1) is 24.8. The zero-order valence-corrected chi connectivity index (χ0v) is 29.0. The van der Waals surface area contributed by atoms with E-state index in [1.54, 1.807) is 44.5 Å². The minimum atomic E-state index is -1.17. The van der Waals surface area contributed by atoms with Crippen LogP contribution in [-0.2, 0) is 22.6 Å².